The Morgan fingerprint density at radius 3 is 2.23 bits per heavy atom. The Balaban J connectivity index is 2.33. The second kappa shape index (κ2) is 11.6. The van der Waals surface area contributed by atoms with Crippen molar-refractivity contribution in [1.82, 2.24) is 10.2 Å². The van der Waals surface area contributed by atoms with Gasteiger partial charge in [0.25, 0.3) is 0 Å². The zero-order valence-corrected chi connectivity index (χ0v) is 19.4. The van der Waals surface area contributed by atoms with Crippen molar-refractivity contribution in [2.45, 2.75) is 45.6 Å². The summed E-state index contributed by atoms with van der Waals surface area (Å²) in [5.74, 6) is 0. The van der Waals surface area contributed by atoms with Gasteiger partial charge in [-0.1, -0.05) is 49.0 Å². The lowest BCUT2D eigenvalue weighted by molar-refractivity contribution is 0.143. The highest BCUT2D eigenvalue weighted by atomic mass is 32.2. The molecule has 0 spiro atoms. The number of nitrogens with two attached hydrogens (primary N) is 1. The first-order valence-electron chi connectivity index (χ1n) is 10.2. The largest absolute Gasteiger partial charge is 0.448 e. The molecule has 0 aliphatic heterocycles. The monoisotopic (exact) mass is 427 g/mol. The molecule has 0 saturated heterocycles. The molecule has 5 nitrogen and oxygen atoms in total. The molecular weight excluding hydrogens is 394 g/mol. The Hall–Kier alpha value is -2.60. The topological polar surface area (TPSA) is 67.6 Å². The first kappa shape index (κ1) is 23.7. The van der Waals surface area contributed by atoms with Crippen LogP contribution >= 0.6 is 11.8 Å². The minimum absolute atomic E-state index is 0.232. The van der Waals surface area contributed by atoms with Crippen molar-refractivity contribution in [3.63, 3.8) is 0 Å². The minimum Gasteiger partial charge on any atom is -0.448 e. The van der Waals surface area contributed by atoms with E-state index in [1.165, 1.54) is 27.1 Å². The van der Waals surface area contributed by atoms with E-state index in [0.29, 0.717) is 13.1 Å². The average molecular weight is 428 g/mol. The third-order valence-electron chi connectivity index (χ3n) is 4.80. The van der Waals surface area contributed by atoms with Crippen LogP contribution in [0.5, 0.6) is 0 Å². The summed E-state index contributed by atoms with van der Waals surface area (Å²) in [5.41, 5.74) is 11.2. The van der Waals surface area contributed by atoms with Crippen molar-refractivity contribution < 1.29 is 9.53 Å². The van der Waals surface area contributed by atoms with E-state index in [0.717, 1.165) is 17.1 Å². The maximum atomic E-state index is 11.1. The number of primary amides is 1. The third kappa shape index (κ3) is 7.34. The molecule has 1 amide bonds. The number of benzene rings is 2. The maximum absolute atomic E-state index is 11.1. The number of amides is 1. The van der Waals surface area contributed by atoms with Gasteiger partial charge in [0.1, 0.15) is 6.61 Å². The van der Waals surface area contributed by atoms with Crippen LogP contribution in [0.25, 0.3) is 0 Å². The van der Waals surface area contributed by atoms with Crippen LogP contribution in [-0.4, -0.2) is 31.2 Å². The predicted molar refractivity (Wildman–Crippen MR) is 125 cm³/mol. The summed E-state index contributed by atoms with van der Waals surface area (Å²) in [6.07, 6.45) is 0.267. The summed E-state index contributed by atoms with van der Waals surface area (Å²) < 4.78 is 5.04. The van der Waals surface area contributed by atoms with Gasteiger partial charge in [-0.05, 0) is 61.6 Å². The number of hydrogen-bond donors (Lipinski definition) is 2. The van der Waals surface area contributed by atoms with Gasteiger partial charge in [0, 0.05) is 24.2 Å². The van der Waals surface area contributed by atoms with Gasteiger partial charge in [0.05, 0.1) is 11.6 Å². The van der Waals surface area contributed by atoms with Crippen LogP contribution in [0.15, 0.2) is 58.1 Å². The van der Waals surface area contributed by atoms with E-state index in [4.69, 9.17) is 10.5 Å². The van der Waals surface area contributed by atoms with Gasteiger partial charge in [-0.3, -0.25) is 0 Å². The molecule has 0 bridgehead atoms. The van der Waals surface area contributed by atoms with Gasteiger partial charge in [0.15, 0.2) is 0 Å². The Kier molecular flexibility index (Phi) is 9.12. The zero-order chi connectivity index (χ0) is 22.1. The highest BCUT2D eigenvalue weighted by Crippen LogP contribution is 2.33. The minimum atomic E-state index is -0.750. The molecule has 162 valence electrons. The van der Waals surface area contributed by atoms with Crippen LogP contribution < -0.4 is 11.1 Å². The summed E-state index contributed by atoms with van der Waals surface area (Å²) in [6, 6.07) is 15.2. The SMILES string of the molecule is CCc1ccc(CN(CCOC(N)=O)/C(Sc2cc(C)cc(C)c2)=C(/C)NC)cc1. The summed E-state index contributed by atoms with van der Waals surface area (Å²) >= 11 is 1.71. The van der Waals surface area contributed by atoms with Crippen molar-refractivity contribution in [2.75, 3.05) is 20.2 Å². The summed E-state index contributed by atoms with van der Waals surface area (Å²) in [7, 11) is 1.92. The lowest BCUT2D eigenvalue weighted by Crippen LogP contribution is -2.29. The molecule has 0 atom stereocenters. The van der Waals surface area contributed by atoms with Gasteiger partial charge in [-0.2, -0.15) is 0 Å². The number of allylic oxidation sites excluding steroid dienone is 1. The van der Waals surface area contributed by atoms with E-state index < -0.39 is 6.09 Å². The molecular formula is C24H33N3O2S. The molecule has 0 aliphatic rings. The highest BCUT2D eigenvalue weighted by Gasteiger charge is 2.16. The smallest absolute Gasteiger partial charge is 0.404 e. The first-order chi connectivity index (χ1) is 14.3. The summed E-state index contributed by atoms with van der Waals surface area (Å²) in [5, 5.41) is 4.38. The number of thioether (sulfide) groups is 1. The molecule has 2 aromatic carbocycles. The Bertz CT molecular complexity index is 858. The molecule has 0 aliphatic carbocycles. The number of nitrogens with one attached hydrogen (secondary N) is 1. The van der Waals surface area contributed by atoms with E-state index in [9.17, 15) is 4.79 Å². The number of nitrogens with zero attached hydrogens (tertiary/aromatic N) is 1. The van der Waals surface area contributed by atoms with Crippen molar-refractivity contribution in [3.05, 3.63) is 75.4 Å². The van der Waals surface area contributed by atoms with E-state index in [1.807, 2.05) is 7.05 Å². The number of rotatable bonds is 10. The van der Waals surface area contributed by atoms with Gasteiger partial charge in [0.2, 0.25) is 0 Å². The van der Waals surface area contributed by atoms with Crippen LogP contribution in [0, 0.1) is 13.8 Å². The number of carbonyl (C=O) groups excluding carboxylic acids is 1. The fraction of sp³-hybridized carbons (Fsp3) is 0.375. The fourth-order valence-corrected chi connectivity index (χ4v) is 4.45. The number of aryl methyl sites for hydroxylation is 3. The molecule has 0 aromatic heterocycles. The molecule has 0 heterocycles. The lowest BCUT2D eigenvalue weighted by atomic mass is 10.1. The second-order valence-corrected chi connectivity index (χ2v) is 8.43. The molecule has 2 aromatic rings. The van der Waals surface area contributed by atoms with Gasteiger partial charge >= 0.3 is 6.09 Å². The predicted octanol–water partition coefficient (Wildman–Crippen LogP) is 4.96. The van der Waals surface area contributed by atoms with Crippen LogP contribution in [0.3, 0.4) is 0 Å². The van der Waals surface area contributed by atoms with Crippen molar-refractivity contribution in [1.29, 1.82) is 0 Å². The normalized spacial score (nSPS) is 11.6. The van der Waals surface area contributed by atoms with Gasteiger partial charge in [-0.15, -0.1) is 0 Å². The summed E-state index contributed by atoms with van der Waals surface area (Å²) in [6.45, 7) is 9.92. The molecule has 6 heteroatoms. The van der Waals surface area contributed by atoms with E-state index in [1.54, 1.807) is 11.8 Å². The molecule has 0 fully saturated rings. The number of ether oxygens (including phenoxy) is 1. The van der Waals surface area contributed by atoms with Gasteiger partial charge in [-0.25, -0.2) is 4.79 Å². The number of carbonyl (C=O) groups is 1. The zero-order valence-electron chi connectivity index (χ0n) is 18.6. The first-order valence-corrected chi connectivity index (χ1v) is 11.0. The van der Waals surface area contributed by atoms with E-state index in [-0.39, 0.29) is 6.61 Å². The molecule has 30 heavy (non-hydrogen) atoms. The molecule has 0 unspecified atom stereocenters. The lowest BCUT2D eigenvalue weighted by Gasteiger charge is -2.29. The van der Waals surface area contributed by atoms with Crippen molar-refractivity contribution in [2.24, 2.45) is 5.73 Å². The highest BCUT2D eigenvalue weighted by molar-refractivity contribution is 8.03. The number of hydrogen-bond acceptors (Lipinski definition) is 5. The Labute approximate surface area is 184 Å². The van der Waals surface area contributed by atoms with Crippen molar-refractivity contribution >= 4 is 17.9 Å². The molecule has 3 N–H and O–H groups in total. The maximum Gasteiger partial charge on any atom is 0.404 e. The summed E-state index contributed by atoms with van der Waals surface area (Å²) in [4.78, 5) is 14.5. The fourth-order valence-electron chi connectivity index (χ4n) is 3.20. The Morgan fingerprint density at radius 1 is 1.10 bits per heavy atom. The van der Waals surface area contributed by atoms with E-state index >= 15 is 0 Å². The molecule has 0 radical (unpaired) electrons. The van der Waals surface area contributed by atoms with Crippen molar-refractivity contribution in [3.8, 4) is 0 Å². The average Bonchev–Trinajstić information content (AvgIpc) is 2.70. The molecule has 0 saturated carbocycles. The van der Waals surface area contributed by atoms with Crippen LogP contribution in [-0.2, 0) is 17.7 Å². The quantitative estimate of drug-likeness (QED) is 0.524. The van der Waals surface area contributed by atoms with Crippen LogP contribution in [0.2, 0.25) is 0 Å². The molecule has 2 rings (SSSR count). The standard InChI is InChI=1S/C24H33N3O2S/c1-6-20-7-9-21(10-8-20)16-27(11-12-29-24(25)28)23(19(4)26-5)30-22-14-17(2)13-18(3)15-22/h7-10,13-15,26H,6,11-12,16H2,1-5H3,(H2,25,28)/b23-19+. The van der Waals surface area contributed by atoms with Crippen LogP contribution in [0.1, 0.15) is 36.1 Å². The van der Waals surface area contributed by atoms with Gasteiger partial charge < -0.3 is 20.7 Å². The third-order valence-corrected chi connectivity index (χ3v) is 6.03. The second-order valence-electron chi connectivity index (χ2n) is 7.36. The van der Waals surface area contributed by atoms with Crippen LogP contribution in [0.4, 0.5) is 4.79 Å². The van der Waals surface area contributed by atoms with E-state index in [2.05, 4.69) is 80.4 Å². The Morgan fingerprint density at radius 2 is 1.70 bits per heavy atom.